The van der Waals surface area contributed by atoms with Crippen LogP contribution in [0.1, 0.15) is 12.0 Å². The van der Waals surface area contributed by atoms with Gasteiger partial charge in [-0.05, 0) is 24.5 Å². The van der Waals surface area contributed by atoms with Gasteiger partial charge in [0.05, 0.1) is 19.1 Å². The molecule has 12 heavy (non-hydrogen) atoms. The molecule has 66 valence electrons. The summed E-state index contributed by atoms with van der Waals surface area (Å²) in [5, 5.41) is 0. The Kier molecular flexibility index (Phi) is 1.90. The quantitative estimate of drug-likeness (QED) is 0.713. The zero-order chi connectivity index (χ0) is 8.44. The van der Waals surface area contributed by atoms with E-state index in [9.17, 15) is 0 Å². The number of hydrogen-bond donors (Lipinski definition) is 1. The molecule has 2 N–H and O–H groups in total. The molecular weight excluding hydrogens is 154 g/mol. The predicted molar refractivity (Wildman–Crippen MR) is 44.8 cm³/mol. The summed E-state index contributed by atoms with van der Waals surface area (Å²) < 4.78 is 10.2. The SMILES string of the molecule is NC1(Cc2ccoc2)CCOC1. The molecule has 0 saturated carbocycles. The monoisotopic (exact) mass is 167 g/mol. The highest BCUT2D eigenvalue weighted by Gasteiger charge is 2.30. The second kappa shape index (κ2) is 2.92. The highest BCUT2D eigenvalue weighted by atomic mass is 16.5. The normalized spacial score (nSPS) is 29.4. The Morgan fingerprint density at radius 1 is 1.58 bits per heavy atom. The Hall–Kier alpha value is -0.800. The van der Waals surface area contributed by atoms with Gasteiger partial charge in [0.1, 0.15) is 0 Å². The molecule has 1 atom stereocenters. The molecule has 0 amide bonds. The lowest BCUT2D eigenvalue weighted by Crippen LogP contribution is -2.42. The van der Waals surface area contributed by atoms with Crippen molar-refractivity contribution in [1.82, 2.24) is 0 Å². The summed E-state index contributed by atoms with van der Waals surface area (Å²) in [7, 11) is 0. The first-order chi connectivity index (χ1) is 5.79. The molecule has 0 aromatic carbocycles. The Balaban J connectivity index is 2.02. The summed E-state index contributed by atoms with van der Waals surface area (Å²) in [4.78, 5) is 0. The molecule has 0 bridgehead atoms. The van der Waals surface area contributed by atoms with E-state index in [1.165, 1.54) is 0 Å². The summed E-state index contributed by atoms with van der Waals surface area (Å²) in [6.45, 7) is 1.45. The van der Waals surface area contributed by atoms with E-state index in [0.29, 0.717) is 6.61 Å². The molecule has 1 saturated heterocycles. The van der Waals surface area contributed by atoms with Crippen LogP contribution in [0.25, 0.3) is 0 Å². The standard InChI is InChI=1S/C9H13NO2/c10-9(2-4-12-7-9)5-8-1-3-11-6-8/h1,3,6H,2,4-5,7,10H2. The highest BCUT2D eigenvalue weighted by molar-refractivity contribution is 5.11. The van der Waals surface area contributed by atoms with Crippen LogP contribution >= 0.6 is 0 Å². The van der Waals surface area contributed by atoms with Crippen LogP contribution in [0, 0.1) is 0 Å². The van der Waals surface area contributed by atoms with E-state index in [4.69, 9.17) is 14.9 Å². The second-order valence-corrected chi connectivity index (χ2v) is 3.47. The van der Waals surface area contributed by atoms with Gasteiger partial charge < -0.3 is 14.9 Å². The van der Waals surface area contributed by atoms with Gasteiger partial charge in [0.25, 0.3) is 0 Å². The Labute approximate surface area is 71.5 Å². The number of nitrogens with two attached hydrogens (primary N) is 1. The topological polar surface area (TPSA) is 48.4 Å². The molecule has 3 nitrogen and oxygen atoms in total. The lowest BCUT2D eigenvalue weighted by molar-refractivity contribution is 0.178. The van der Waals surface area contributed by atoms with Crippen molar-refractivity contribution in [3.8, 4) is 0 Å². The van der Waals surface area contributed by atoms with Gasteiger partial charge in [-0.1, -0.05) is 0 Å². The van der Waals surface area contributed by atoms with E-state index >= 15 is 0 Å². The molecular formula is C9H13NO2. The summed E-state index contributed by atoms with van der Waals surface area (Å²) in [6, 6.07) is 1.95. The minimum absolute atomic E-state index is 0.163. The van der Waals surface area contributed by atoms with Gasteiger partial charge in [-0.2, -0.15) is 0 Å². The van der Waals surface area contributed by atoms with E-state index in [1.54, 1.807) is 12.5 Å². The van der Waals surface area contributed by atoms with Crippen molar-refractivity contribution in [2.24, 2.45) is 5.73 Å². The van der Waals surface area contributed by atoms with Gasteiger partial charge >= 0.3 is 0 Å². The van der Waals surface area contributed by atoms with Crippen molar-refractivity contribution >= 4 is 0 Å². The van der Waals surface area contributed by atoms with Crippen molar-refractivity contribution in [2.45, 2.75) is 18.4 Å². The Morgan fingerprint density at radius 2 is 2.50 bits per heavy atom. The summed E-state index contributed by atoms with van der Waals surface area (Å²) in [5.74, 6) is 0. The molecule has 0 radical (unpaired) electrons. The van der Waals surface area contributed by atoms with Crippen LogP contribution in [0.2, 0.25) is 0 Å². The van der Waals surface area contributed by atoms with Gasteiger partial charge in [-0.25, -0.2) is 0 Å². The van der Waals surface area contributed by atoms with Crippen molar-refractivity contribution < 1.29 is 9.15 Å². The Morgan fingerprint density at radius 3 is 3.08 bits per heavy atom. The fourth-order valence-electron chi connectivity index (χ4n) is 1.56. The van der Waals surface area contributed by atoms with Crippen LogP contribution in [0.3, 0.4) is 0 Å². The third-order valence-corrected chi connectivity index (χ3v) is 2.27. The largest absolute Gasteiger partial charge is 0.472 e. The minimum Gasteiger partial charge on any atom is -0.472 e. The summed E-state index contributed by atoms with van der Waals surface area (Å²) in [5.41, 5.74) is 7.08. The molecule has 2 rings (SSSR count). The first kappa shape index (κ1) is 7.83. The summed E-state index contributed by atoms with van der Waals surface area (Å²) in [6.07, 6.45) is 5.21. The first-order valence-electron chi connectivity index (χ1n) is 4.16. The lowest BCUT2D eigenvalue weighted by Gasteiger charge is -2.20. The van der Waals surface area contributed by atoms with Gasteiger partial charge in [-0.3, -0.25) is 0 Å². The lowest BCUT2D eigenvalue weighted by atomic mass is 9.93. The minimum atomic E-state index is -0.163. The predicted octanol–water partition coefficient (Wildman–Crippen LogP) is 0.940. The first-order valence-corrected chi connectivity index (χ1v) is 4.16. The highest BCUT2D eigenvalue weighted by Crippen LogP contribution is 2.20. The zero-order valence-electron chi connectivity index (χ0n) is 6.95. The van der Waals surface area contributed by atoms with Gasteiger partial charge in [-0.15, -0.1) is 0 Å². The number of ether oxygens (including phenoxy) is 1. The van der Waals surface area contributed by atoms with Crippen LogP contribution in [-0.4, -0.2) is 18.8 Å². The second-order valence-electron chi connectivity index (χ2n) is 3.47. The van der Waals surface area contributed by atoms with Crippen molar-refractivity contribution in [1.29, 1.82) is 0 Å². The summed E-state index contributed by atoms with van der Waals surface area (Å²) >= 11 is 0. The third kappa shape index (κ3) is 1.52. The molecule has 1 aromatic heterocycles. The van der Waals surface area contributed by atoms with Gasteiger partial charge in [0, 0.05) is 12.1 Å². The molecule has 2 heterocycles. The zero-order valence-corrected chi connectivity index (χ0v) is 6.95. The van der Waals surface area contributed by atoms with E-state index in [1.807, 2.05) is 6.07 Å². The van der Waals surface area contributed by atoms with E-state index in [0.717, 1.165) is 25.0 Å². The van der Waals surface area contributed by atoms with E-state index in [2.05, 4.69) is 0 Å². The Bertz CT molecular complexity index is 237. The van der Waals surface area contributed by atoms with Crippen molar-refractivity contribution in [3.05, 3.63) is 24.2 Å². The molecule has 3 heteroatoms. The average Bonchev–Trinajstić information content (AvgIpc) is 2.62. The molecule has 0 aliphatic carbocycles. The van der Waals surface area contributed by atoms with Crippen LogP contribution in [-0.2, 0) is 11.2 Å². The molecule has 1 fully saturated rings. The number of rotatable bonds is 2. The van der Waals surface area contributed by atoms with Crippen LogP contribution in [0.4, 0.5) is 0 Å². The van der Waals surface area contributed by atoms with E-state index < -0.39 is 0 Å². The fraction of sp³-hybridized carbons (Fsp3) is 0.556. The third-order valence-electron chi connectivity index (χ3n) is 2.27. The number of furan rings is 1. The van der Waals surface area contributed by atoms with Gasteiger partial charge in [0.15, 0.2) is 0 Å². The maximum Gasteiger partial charge on any atom is 0.0935 e. The van der Waals surface area contributed by atoms with Crippen molar-refractivity contribution in [2.75, 3.05) is 13.2 Å². The fourth-order valence-corrected chi connectivity index (χ4v) is 1.56. The van der Waals surface area contributed by atoms with E-state index in [-0.39, 0.29) is 5.54 Å². The molecule has 1 aliphatic rings. The smallest absolute Gasteiger partial charge is 0.0935 e. The molecule has 1 aliphatic heterocycles. The molecule has 0 spiro atoms. The molecule has 1 unspecified atom stereocenters. The van der Waals surface area contributed by atoms with Crippen LogP contribution < -0.4 is 5.73 Å². The maximum atomic E-state index is 6.08. The number of hydrogen-bond acceptors (Lipinski definition) is 3. The van der Waals surface area contributed by atoms with Gasteiger partial charge in [0.2, 0.25) is 0 Å². The van der Waals surface area contributed by atoms with Crippen LogP contribution in [0.5, 0.6) is 0 Å². The maximum absolute atomic E-state index is 6.08. The van der Waals surface area contributed by atoms with Crippen LogP contribution in [0.15, 0.2) is 23.0 Å². The molecule has 1 aromatic rings. The average molecular weight is 167 g/mol. The van der Waals surface area contributed by atoms with Crippen molar-refractivity contribution in [3.63, 3.8) is 0 Å².